The first kappa shape index (κ1) is 8.51. The van der Waals surface area contributed by atoms with Gasteiger partial charge in [-0.15, -0.1) is 0 Å². The maximum absolute atomic E-state index is 5.48. The molecule has 0 aliphatic carbocycles. The summed E-state index contributed by atoms with van der Waals surface area (Å²) >= 11 is 0. The predicted octanol–water partition coefficient (Wildman–Crippen LogP) is 0.793. The number of hydrogen-bond donors (Lipinski definition) is 1. The summed E-state index contributed by atoms with van der Waals surface area (Å²) in [6.45, 7) is 2.96. The zero-order valence-corrected chi connectivity index (χ0v) is 7.74. The van der Waals surface area contributed by atoms with E-state index in [9.17, 15) is 0 Å². The minimum atomic E-state index is 0.770. The van der Waals surface area contributed by atoms with Crippen molar-refractivity contribution in [2.45, 2.75) is 12.8 Å². The first-order chi connectivity index (χ1) is 6.42. The molecule has 0 radical (unpaired) electrons. The van der Waals surface area contributed by atoms with Gasteiger partial charge < -0.3 is 10.6 Å². The molecule has 0 saturated heterocycles. The number of nitrogens with two attached hydrogens (primary N) is 1. The lowest BCUT2D eigenvalue weighted by Gasteiger charge is -2.17. The van der Waals surface area contributed by atoms with Crippen LogP contribution in [0.5, 0.6) is 0 Å². The molecular weight excluding hydrogens is 162 g/mol. The SMILES string of the molecule is NCCCN1CCc2ccncc21. The summed E-state index contributed by atoms with van der Waals surface area (Å²) in [6.07, 6.45) is 6.04. The van der Waals surface area contributed by atoms with Gasteiger partial charge in [-0.05, 0) is 31.0 Å². The third kappa shape index (κ3) is 1.65. The monoisotopic (exact) mass is 177 g/mol. The van der Waals surface area contributed by atoms with Gasteiger partial charge in [0.2, 0.25) is 0 Å². The van der Waals surface area contributed by atoms with Gasteiger partial charge in [0.25, 0.3) is 0 Å². The summed E-state index contributed by atoms with van der Waals surface area (Å²) < 4.78 is 0. The number of pyridine rings is 1. The summed E-state index contributed by atoms with van der Waals surface area (Å²) in [5, 5.41) is 0. The molecule has 0 fully saturated rings. The summed E-state index contributed by atoms with van der Waals surface area (Å²) in [5.74, 6) is 0. The predicted molar refractivity (Wildman–Crippen MR) is 53.8 cm³/mol. The second-order valence-electron chi connectivity index (χ2n) is 3.38. The summed E-state index contributed by atoms with van der Waals surface area (Å²) in [4.78, 5) is 6.51. The van der Waals surface area contributed by atoms with E-state index in [1.807, 2.05) is 12.4 Å². The zero-order chi connectivity index (χ0) is 9.10. The number of aromatic nitrogens is 1. The number of hydrogen-bond acceptors (Lipinski definition) is 3. The highest BCUT2D eigenvalue weighted by atomic mass is 15.1. The highest BCUT2D eigenvalue weighted by molar-refractivity contribution is 5.55. The standard InChI is InChI=1S/C10H15N3/c11-4-1-6-13-7-3-9-2-5-12-8-10(9)13/h2,5,8H,1,3-4,6-7,11H2. The van der Waals surface area contributed by atoms with Crippen LogP contribution in [0.15, 0.2) is 18.5 Å². The first-order valence-corrected chi connectivity index (χ1v) is 4.79. The van der Waals surface area contributed by atoms with E-state index in [2.05, 4.69) is 16.0 Å². The number of nitrogens with zero attached hydrogens (tertiary/aromatic N) is 2. The van der Waals surface area contributed by atoms with Crippen molar-refractivity contribution < 1.29 is 0 Å². The Kier molecular flexibility index (Phi) is 2.45. The number of rotatable bonds is 3. The van der Waals surface area contributed by atoms with Crippen LogP contribution in [0.1, 0.15) is 12.0 Å². The highest BCUT2D eigenvalue weighted by Gasteiger charge is 2.17. The Bertz CT molecular complexity index is 285. The normalized spacial score (nSPS) is 14.7. The Morgan fingerprint density at radius 3 is 3.31 bits per heavy atom. The van der Waals surface area contributed by atoms with Gasteiger partial charge in [-0.2, -0.15) is 0 Å². The van der Waals surface area contributed by atoms with Crippen LogP contribution in [-0.4, -0.2) is 24.6 Å². The Morgan fingerprint density at radius 1 is 1.54 bits per heavy atom. The Labute approximate surface area is 78.6 Å². The molecule has 70 valence electrons. The van der Waals surface area contributed by atoms with Gasteiger partial charge in [0.15, 0.2) is 0 Å². The summed E-state index contributed by atoms with van der Waals surface area (Å²) in [7, 11) is 0. The fraction of sp³-hybridized carbons (Fsp3) is 0.500. The number of anilines is 1. The summed E-state index contributed by atoms with van der Waals surface area (Å²) in [6, 6.07) is 2.11. The van der Waals surface area contributed by atoms with Crippen LogP contribution >= 0.6 is 0 Å². The van der Waals surface area contributed by atoms with Gasteiger partial charge in [0.05, 0.1) is 11.9 Å². The van der Waals surface area contributed by atoms with E-state index in [-0.39, 0.29) is 0 Å². The second kappa shape index (κ2) is 3.75. The van der Waals surface area contributed by atoms with Crippen molar-refractivity contribution in [2.75, 3.05) is 24.5 Å². The molecule has 1 aromatic rings. The van der Waals surface area contributed by atoms with Gasteiger partial charge in [-0.1, -0.05) is 0 Å². The Hall–Kier alpha value is -1.09. The molecule has 2 heterocycles. The van der Waals surface area contributed by atoms with Gasteiger partial charge >= 0.3 is 0 Å². The van der Waals surface area contributed by atoms with E-state index in [0.717, 1.165) is 32.5 Å². The average Bonchev–Trinajstić information content (AvgIpc) is 2.58. The largest absolute Gasteiger partial charge is 0.370 e. The van der Waals surface area contributed by atoms with Crippen molar-refractivity contribution in [3.8, 4) is 0 Å². The molecule has 1 aliphatic heterocycles. The van der Waals surface area contributed by atoms with E-state index in [1.54, 1.807) is 0 Å². The molecule has 1 aromatic heterocycles. The van der Waals surface area contributed by atoms with E-state index < -0.39 is 0 Å². The molecule has 0 saturated carbocycles. The molecule has 0 aromatic carbocycles. The molecule has 1 aliphatic rings. The molecule has 13 heavy (non-hydrogen) atoms. The molecule has 0 bridgehead atoms. The molecule has 3 heteroatoms. The number of fused-ring (bicyclic) bond motifs is 1. The molecule has 0 atom stereocenters. The first-order valence-electron chi connectivity index (χ1n) is 4.79. The zero-order valence-electron chi connectivity index (χ0n) is 7.74. The summed E-state index contributed by atoms with van der Waals surface area (Å²) in [5.41, 5.74) is 8.21. The molecule has 3 nitrogen and oxygen atoms in total. The third-order valence-electron chi connectivity index (χ3n) is 2.51. The smallest absolute Gasteiger partial charge is 0.0586 e. The highest BCUT2D eigenvalue weighted by Crippen LogP contribution is 2.25. The van der Waals surface area contributed by atoms with Crippen molar-refractivity contribution in [3.05, 3.63) is 24.0 Å². The average molecular weight is 177 g/mol. The lowest BCUT2D eigenvalue weighted by atomic mass is 10.2. The van der Waals surface area contributed by atoms with E-state index in [0.29, 0.717) is 0 Å². The van der Waals surface area contributed by atoms with Crippen molar-refractivity contribution in [2.24, 2.45) is 5.73 Å². The fourth-order valence-corrected chi connectivity index (χ4v) is 1.80. The Balaban J connectivity index is 2.09. The lowest BCUT2D eigenvalue weighted by molar-refractivity contribution is 0.758. The van der Waals surface area contributed by atoms with Crippen molar-refractivity contribution in [3.63, 3.8) is 0 Å². The van der Waals surface area contributed by atoms with E-state index in [1.165, 1.54) is 11.3 Å². The fourth-order valence-electron chi connectivity index (χ4n) is 1.80. The lowest BCUT2D eigenvalue weighted by Crippen LogP contribution is -2.23. The van der Waals surface area contributed by atoms with Gasteiger partial charge in [-0.25, -0.2) is 0 Å². The van der Waals surface area contributed by atoms with Crippen LogP contribution in [0.3, 0.4) is 0 Å². The molecule has 2 N–H and O–H groups in total. The van der Waals surface area contributed by atoms with Gasteiger partial charge in [-0.3, -0.25) is 4.98 Å². The van der Waals surface area contributed by atoms with Crippen molar-refractivity contribution in [1.29, 1.82) is 0 Å². The van der Waals surface area contributed by atoms with Crippen LogP contribution in [-0.2, 0) is 6.42 Å². The minimum absolute atomic E-state index is 0.770. The topological polar surface area (TPSA) is 42.1 Å². The maximum atomic E-state index is 5.48. The molecule has 0 amide bonds. The van der Waals surface area contributed by atoms with Gasteiger partial charge in [0, 0.05) is 19.3 Å². The van der Waals surface area contributed by atoms with Crippen LogP contribution in [0.4, 0.5) is 5.69 Å². The van der Waals surface area contributed by atoms with Crippen LogP contribution < -0.4 is 10.6 Å². The molecular formula is C10H15N3. The van der Waals surface area contributed by atoms with Crippen LogP contribution in [0.25, 0.3) is 0 Å². The molecule has 0 unspecified atom stereocenters. The Morgan fingerprint density at radius 2 is 2.46 bits per heavy atom. The molecule has 0 spiro atoms. The third-order valence-corrected chi connectivity index (χ3v) is 2.51. The molecule has 2 rings (SSSR count). The van der Waals surface area contributed by atoms with Crippen molar-refractivity contribution in [1.82, 2.24) is 4.98 Å². The quantitative estimate of drug-likeness (QED) is 0.742. The van der Waals surface area contributed by atoms with Crippen LogP contribution in [0.2, 0.25) is 0 Å². The van der Waals surface area contributed by atoms with E-state index >= 15 is 0 Å². The second-order valence-corrected chi connectivity index (χ2v) is 3.38. The van der Waals surface area contributed by atoms with Crippen molar-refractivity contribution >= 4 is 5.69 Å². The van der Waals surface area contributed by atoms with Gasteiger partial charge in [0.1, 0.15) is 0 Å². The van der Waals surface area contributed by atoms with E-state index in [4.69, 9.17) is 5.73 Å². The van der Waals surface area contributed by atoms with Crippen LogP contribution in [0, 0.1) is 0 Å². The maximum Gasteiger partial charge on any atom is 0.0586 e. The minimum Gasteiger partial charge on any atom is -0.370 e.